The van der Waals surface area contributed by atoms with Gasteiger partial charge in [-0.15, -0.1) is 11.3 Å². The van der Waals surface area contributed by atoms with Crippen LogP contribution in [0.5, 0.6) is 0 Å². The van der Waals surface area contributed by atoms with Crippen LogP contribution in [-0.2, 0) is 10.0 Å². The van der Waals surface area contributed by atoms with Crippen LogP contribution in [-0.4, -0.2) is 25.7 Å². The molecule has 0 amide bonds. The van der Waals surface area contributed by atoms with E-state index in [4.69, 9.17) is 5.11 Å². The Morgan fingerprint density at radius 2 is 2.20 bits per heavy atom. The molecule has 0 radical (unpaired) electrons. The molecule has 86 valence electrons. The highest BCUT2D eigenvalue weighted by atomic mass is 79.9. The molecule has 0 aliphatic heterocycles. The first-order valence-electron chi connectivity index (χ1n) is 4.16. The van der Waals surface area contributed by atoms with Crippen LogP contribution in [0, 0.1) is 0 Å². The van der Waals surface area contributed by atoms with Gasteiger partial charge < -0.3 is 5.11 Å². The van der Waals surface area contributed by atoms with Crippen molar-refractivity contribution in [3.63, 3.8) is 0 Å². The van der Waals surface area contributed by atoms with Crippen LogP contribution in [0.15, 0.2) is 20.1 Å². The lowest BCUT2D eigenvalue weighted by Gasteiger charge is -2.22. The van der Waals surface area contributed by atoms with Gasteiger partial charge >= 0.3 is 0 Å². The highest BCUT2D eigenvalue weighted by molar-refractivity contribution is 9.10. The van der Waals surface area contributed by atoms with E-state index in [0.29, 0.717) is 4.47 Å². The molecule has 0 aliphatic carbocycles. The summed E-state index contributed by atoms with van der Waals surface area (Å²) >= 11 is 4.29. The Morgan fingerprint density at radius 3 is 2.60 bits per heavy atom. The Kier molecular flexibility index (Phi) is 3.94. The normalized spacial score (nSPS) is 13.1. The van der Waals surface area contributed by atoms with Gasteiger partial charge in [-0.3, -0.25) is 0 Å². The van der Waals surface area contributed by atoms with Crippen molar-refractivity contribution < 1.29 is 13.5 Å². The van der Waals surface area contributed by atoms with Gasteiger partial charge in [0, 0.05) is 4.47 Å². The Morgan fingerprint density at radius 1 is 1.60 bits per heavy atom. The fourth-order valence-electron chi connectivity index (χ4n) is 0.914. The first-order chi connectivity index (χ1) is 6.78. The molecule has 2 N–H and O–H groups in total. The average Bonchev–Trinajstić information content (AvgIpc) is 2.50. The van der Waals surface area contributed by atoms with Gasteiger partial charge in [-0.1, -0.05) is 0 Å². The molecule has 4 nitrogen and oxygen atoms in total. The van der Waals surface area contributed by atoms with E-state index >= 15 is 0 Å². The summed E-state index contributed by atoms with van der Waals surface area (Å²) in [5.41, 5.74) is -0.859. The zero-order chi connectivity index (χ0) is 11.7. The number of hydrogen-bond donors (Lipinski definition) is 2. The molecular weight excluding hydrogens is 302 g/mol. The van der Waals surface area contributed by atoms with Crippen molar-refractivity contribution in [2.45, 2.75) is 23.6 Å². The maximum atomic E-state index is 11.8. The SMILES string of the molecule is CC(C)(CO)NS(=O)(=O)c1sccc1Br. The Labute approximate surface area is 102 Å². The molecule has 0 bridgehead atoms. The number of aliphatic hydroxyl groups is 1. The number of nitrogens with one attached hydrogen (secondary N) is 1. The highest BCUT2D eigenvalue weighted by Gasteiger charge is 2.27. The zero-order valence-corrected chi connectivity index (χ0v) is 11.5. The van der Waals surface area contributed by atoms with Gasteiger partial charge in [-0.05, 0) is 41.2 Å². The fraction of sp³-hybridized carbons (Fsp3) is 0.500. The van der Waals surface area contributed by atoms with Crippen LogP contribution < -0.4 is 4.72 Å². The third-order valence-electron chi connectivity index (χ3n) is 1.63. The molecule has 0 atom stereocenters. The predicted molar refractivity (Wildman–Crippen MR) is 63.5 cm³/mol. The molecule has 1 aromatic heterocycles. The Bertz CT molecular complexity index is 438. The summed E-state index contributed by atoms with van der Waals surface area (Å²) in [5, 5.41) is 10.7. The Balaban J connectivity index is 3.01. The number of sulfonamides is 1. The van der Waals surface area contributed by atoms with E-state index in [1.165, 1.54) is 0 Å². The van der Waals surface area contributed by atoms with Crippen LogP contribution >= 0.6 is 27.3 Å². The number of aliphatic hydroxyl groups excluding tert-OH is 1. The van der Waals surface area contributed by atoms with Gasteiger partial charge in [0.25, 0.3) is 10.0 Å². The van der Waals surface area contributed by atoms with Crippen molar-refractivity contribution in [2.24, 2.45) is 0 Å². The minimum absolute atomic E-state index is 0.226. The van der Waals surface area contributed by atoms with Gasteiger partial charge in [0.2, 0.25) is 0 Å². The van der Waals surface area contributed by atoms with E-state index in [0.717, 1.165) is 11.3 Å². The number of hydrogen-bond acceptors (Lipinski definition) is 4. The lowest BCUT2D eigenvalue weighted by Crippen LogP contribution is -2.45. The highest BCUT2D eigenvalue weighted by Crippen LogP contribution is 2.28. The third-order valence-corrected chi connectivity index (χ3v) is 6.00. The molecule has 0 saturated heterocycles. The molecule has 1 aromatic rings. The topological polar surface area (TPSA) is 66.4 Å². The van der Waals surface area contributed by atoms with E-state index in [-0.39, 0.29) is 10.8 Å². The number of halogens is 1. The second-order valence-electron chi connectivity index (χ2n) is 3.70. The van der Waals surface area contributed by atoms with Gasteiger partial charge in [0.05, 0.1) is 12.1 Å². The lowest BCUT2D eigenvalue weighted by molar-refractivity contribution is 0.208. The predicted octanol–water partition coefficient (Wildman–Crippen LogP) is 1.56. The molecule has 15 heavy (non-hydrogen) atoms. The van der Waals surface area contributed by atoms with Crippen LogP contribution in [0.1, 0.15) is 13.8 Å². The van der Waals surface area contributed by atoms with Gasteiger partial charge in [0.1, 0.15) is 4.21 Å². The van der Waals surface area contributed by atoms with Crippen LogP contribution in [0.2, 0.25) is 0 Å². The summed E-state index contributed by atoms with van der Waals surface area (Å²) in [6.45, 7) is 2.98. The first-order valence-corrected chi connectivity index (χ1v) is 7.32. The standard InChI is InChI=1S/C8H12BrNO3S2/c1-8(2,5-11)10-15(12,13)7-6(9)3-4-14-7/h3-4,10-11H,5H2,1-2H3. The van der Waals surface area contributed by atoms with E-state index in [1.807, 2.05) is 0 Å². The van der Waals surface area contributed by atoms with Gasteiger partial charge in [0.15, 0.2) is 0 Å². The lowest BCUT2D eigenvalue weighted by atomic mass is 10.1. The second-order valence-corrected chi connectivity index (χ2v) is 7.35. The van der Waals surface area contributed by atoms with Crippen molar-refractivity contribution in [2.75, 3.05) is 6.61 Å². The fourth-order valence-corrected chi connectivity index (χ4v) is 4.66. The van der Waals surface area contributed by atoms with E-state index < -0.39 is 15.6 Å². The molecule has 0 fully saturated rings. The molecule has 0 aliphatic rings. The molecule has 7 heteroatoms. The average molecular weight is 314 g/mol. The van der Waals surface area contributed by atoms with Crippen molar-refractivity contribution in [3.05, 3.63) is 15.9 Å². The molecule has 0 spiro atoms. The zero-order valence-electron chi connectivity index (χ0n) is 8.32. The van der Waals surface area contributed by atoms with Crippen molar-refractivity contribution in [1.82, 2.24) is 4.72 Å². The summed E-state index contributed by atoms with van der Waals surface area (Å²) in [6.07, 6.45) is 0. The maximum Gasteiger partial charge on any atom is 0.251 e. The minimum atomic E-state index is -3.56. The maximum absolute atomic E-state index is 11.8. The number of thiophene rings is 1. The summed E-state index contributed by atoms with van der Waals surface area (Å²) in [6, 6.07) is 1.67. The van der Waals surface area contributed by atoms with Crippen LogP contribution in [0.25, 0.3) is 0 Å². The monoisotopic (exact) mass is 313 g/mol. The third kappa shape index (κ3) is 3.25. The van der Waals surface area contributed by atoms with Crippen LogP contribution in [0.3, 0.4) is 0 Å². The first kappa shape index (κ1) is 13.1. The largest absolute Gasteiger partial charge is 0.394 e. The molecule has 0 saturated carbocycles. The van der Waals surface area contributed by atoms with E-state index in [1.54, 1.807) is 25.3 Å². The van der Waals surface area contributed by atoms with Crippen molar-refractivity contribution in [1.29, 1.82) is 0 Å². The van der Waals surface area contributed by atoms with Crippen molar-refractivity contribution >= 4 is 37.3 Å². The quantitative estimate of drug-likeness (QED) is 0.886. The summed E-state index contributed by atoms with van der Waals surface area (Å²) in [5.74, 6) is 0. The van der Waals surface area contributed by atoms with E-state index in [9.17, 15) is 8.42 Å². The number of rotatable bonds is 4. The smallest absolute Gasteiger partial charge is 0.251 e. The molecule has 1 rings (SSSR count). The minimum Gasteiger partial charge on any atom is -0.394 e. The molecule has 1 heterocycles. The van der Waals surface area contributed by atoms with Gasteiger partial charge in [-0.2, -0.15) is 0 Å². The summed E-state index contributed by atoms with van der Waals surface area (Å²) in [4.78, 5) is 0. The van der Waals surface area contributed by atoms with Crippen molar-refractivity contribution in [3.8, 4) is 0 Å². The van der Waals surface area contributed by atoms with Crippen LogP contribution in [0.4, 0.5) is 0 Å². The van der Waals surface area contributed by atoms with Gasteiger partial charge in [-0.25, -0.2) is 13.1 Å². The summed E-state index contributed by atoms with van der Waals surface area (Å²) in [7, 11) is -3.56. The van der Waals surface area contributed by atoms with E-state index in [2.05, 4.69) is 20.7 Å². The second kappa shape index (κ2) is 4.50. The molecular formula is C8H12BrNO3S2. The molecule has 0 aromatic carbocycles. The summed E-state index contributed by atoms with van der Waals surface area (Å²) < 4.78 is 26.9. The Hall–Kier alpha value is 0.0500. The molecule has 0 unspecified atom stereocenters.